The highest BCUT2D eigenvalue weighted by molar-refractivity contribution is 8.00. The summed E-state index contributed by atoms with van der Waals surface area (Å²) in [6.45, 7) is 0. The van der Waals surface area contributed by atoms with E-state index in [-0.39, 0.29) is 0 Å². The predicted molar refractivity (Wildman–Crippen MR) is 92.5 cm³/mol. The molecule has 0 N–H and O–H groups in total. The molecule has 3 heteroatoms. The van der Waals surface area contributed by atoms with Crippen molar-refractivity contribution >= 4 is 11.8 Å². The van der Waals surface area contributed by atoms with Crippen LogP contribution >= 0.6 is 11.8 Å². The largest absolute Gasteiger partial charge is 0.190 e. The second-order valence-corrected chi connectivity index (χ2v) is 9.45. The number of fused-ring (bicyclic) bond motifs is 2. The topological polar surface area (TPSA) is 24.7 Å². The van der Waals surface area contributed by atoms with Gasteiger partial charge in [-0.2, -0.15) is 10.2 Å². The van der Waals surface area contributed by atoms with Gasteiger partial charge in [-0.05, 0) is 61.0 Å². The zero-order chi connectivity index (χ0) is 15.0. The lowest BCUT2D eigenvalue weighted by atomic mass is 9.58. The highest BCUT2D eigenvalue weighted by atomic mass is 32.2. The molecule has 0 unspecified atom stereocenters. The molecule has 4 aliphatic carbocycles. The number of rotatable bonds is 2. The molecular formula is C20H22N2S. The van der Waals surface area contributed by atoms with Gasteiger partial charge in [-0.1, -0.05) is 30.4 Å². The van der Waals surface area contributed by atoms with Crippen LogP contribution in [-0.2, 0) is 0 Å². The summed E-state index contributed by atoms with van der Waals surface area (Å²) < 4.78 is 0. The summed E-state index contributed by atoms with van der Waals surface area (Å²) >= 11 is 2.13. The van der Waals surface area contributed by atoms with Gasteiger partial charge in [0.1, 0.15) is 0 Å². The Hall–Kier alpha value is -1.09. The van der Waals surface area contributed by atoms with Crippen molar-refractivity contribution in [2.45, 2.75) is 41.5 Å². The molecule has 2 heterocycles. The zero-order valence-corrected chi connectivity index (χ0v) is 14.0. The second kappa shape index (κ2) is 4.72. The molecule has 2 aliphatic heterocycles. The van der Waals surface area contributed by atoms with E-state index in [0.717, 1.165) is 40.8 Å². The van der Waals surface area contributed by atoms with Crippen molar-refractivity contribution in [3.05, 3.63) is 42.5 Å². The summed E-state index contributed by atoms with van der Waals surface area (Å²) in [5.41, 5.74) is 0. The van der Waals surface area contributed by atoms with Gasteiger partial charge in [-0.3, -0.25) is 0 Å². The third-order valence-corrected chi connectivity index (χ3v) is 8.71. The van der Waals surface area contributed by atoms with E-state index in [9.17, 15) is 0 Å². The van der Waals surface area contributed by atoms with E-state index in [4.69, 9.17) is 10.2 Å². The Bertz CT molecular complexity index is 684. The van der Waals surface area contributed by atoms with Crippen LogP contribution < -0.4 is 0 Å². The Kier molecular flexibility index (Phi) is 2.71. The maximum absolute atomic E-state index is 4.82. The van der Waals surface area contributed by atoms with Gasteiger partial charge in [0.15, 0.2) is 0 Å². The predicted octanol–water partition coefficient (Wildman–Crippen LogP) is 4.83. The molecule has 0 spiro atoms. The molecule has 1 aromatic rings. The average Bonchev–Trinajstić information content (AvgIpc) is 3.31. The third kappa shape index (κ3) is 1.72. The first kappa shape index (κ1) is 13.2. The van der Waals surface area contributed by atoms with Gasteiger partial charge in [0.05, 0.1) is 12.1 Å². The summed E-state index contributed by atoms with van der Waals surface area (Å²) in [5, 5.41) is 10.4. The molecular weight excluding hydrogens is 300 g/mol. The van der Waals surface area contributed by atoms with Crippen molar-refractivity contribution in [1.82, 2.24) is 0 Å². The summed E-state index contributed by atoms with van der Waals surface area (Å²) in [6, 6.07) is 12.1. The molecule has 2 nitrogen and oxygen atoms in total. The summed E-state index contributed by atoms with van der Waals surface area (Å²) in [5.74, 6) is 4.97. The lowest BCUT2D eigenvalue weighted by molar-refractivity contribution is 0.0202. The zero-order valence-electron chi connectivity index (χ0n) is 13.2. The fourth-order valence-corrected chi connectivity index (χ4v) is 8.10. The first-order valence-electron chi connectivity index (χ1n) is 9.18. The SMILES string of the molecule is C1=C[C@@H]2[C@H](C1)[C@@H]1N=N[C@H]2[C@H]2[C@@H]3C[C@H]([C@@H]12)[C@@H](Sc1ccccc1)C3. The van der Waals surface area contributed by atoms with E-state index in [2.05, 4.69) is 54.2 Å². The Balaban J connectivity index is 1.31. The monoisotopic (exact) mass is 322 g/mol. The summed E-state index contributed by atoms with van der Waals surface area (Å²) in [6.07, 6.45) is 8.98. The molecule has 0 saturated heterocycles. The number of nitrogens with zero attached hydrogens (tertiary/aromatic N) is 2. The number of hydrogen-bond donors (Lipinski definition) is 0. The molecule has 0 radical (unpaired) electrons. The molecule has 118 valence electrons. The first-order valence-corrected chi connectivity index (χ1v) is 10.1. The van der Waals surface area contributed by atoms with Gasteiger partial charge in [-0.15, -0.1) is 11.8 Å². The van der Waals surface area contributed by atoms with Crippen LogP contribution in [0.3, 0.4) is 0 Å². The van der Waals surface area contributed by atoms with Crippen LogP contribution in [0.2, 0.25) is 0 Å². The summed E-state index contributed by atoms with van der Waals surface area (Å²) in [4.78, 5) is 1.45. The van der Waals surface area contributed by atoms with Crippen LogP contribution in [-0.4, -0.2) is 17.3 Å². The number of benzene rings is 1. The minimum atomic E-state index is 0.520. The van der Waals surface area contributed by atoms with Gasteiger partial charge in [0, 0.05) is 16.1 Å². The van der Waals surface area contributed by atoms with Crippen molar-refractivity contribution < 1.29 is 0 Å². The highest BCUT2D eigenvalue weighted by Gasteiger charge is 2.65. The van der Waals surface area contributed by atoms with Crippen LogP contribution in [0.5, 0.6) is 0 Å². The summed E-state index contributed by atoms with van der Waals surface area (Å²) in [7, 11) is 0. The van der Waals surface area contributed by atoms with E-state index in [0.29, 0.717) is 12.1 Å². The molecule has 1 aromatic carbocycles. The Labute approximate surface area is 141 Å². The fourth-order valence-electron chi connectivity index (χ4n) is 6.63. The first-order chi connectivity index (χ1) is 11.4. The highest BCUT2D eigenvalue weighted by Crippen LogP contribution is 2.66. The molecule has 4 bridgehead atoms. The van der Waals surface area contributed by atoms with Crippen LogP contribution in [0.25, 0.3) is 0 Å². The number of allylic oxidation sites excluding steroid dienone is 1. The normalized spacial score (nSPS) is 51.2. The second-order valence-electron chi connectivity index (χ2n) is 8.14. The Morgan fingerprint density at radius 1 is 0.913 bits per heavy atom. The van der Waals surface area contributed by atoms with Crippen molar-refractivity contribution in [1.29, 1.82) is 0 Å². The average molecular weight is 322 g/mol. The van der Waals surface area contributed by atoms with E-state index in [1.54, 1.807) is 0 Å². The number of azo groups is 1. The quantitative estimate of drug-likeness (QED) is 0.716. The lowest BCUT2D eigenvalue weighted by Gasteiger charge is -2.52. The molecule has 23 heavy (non-hydrogen) atoms. The molecule has 9 atom stereocenters. The van der Waals surface area contributed by atoms with Gasteiger partial charge in [0.2, 0.25) is 0 Å². The fraction of sp³-hybridized carbons (Fsp3) is 0.600. The smallest absolute Gasteiger partial charge is 0.0808 e. The van der Waals surface area contributed by atoms with Crippen molar-refractivity contribution in [2.75, 3.05) is 0 Å². The van der Waals surface area contributed by atoms with E-state index >= 15 is 0 Å². The van der Waals surface area contributed by atoms with Crippen molar-refractivity contribution in [2.24, 2.45) is 45.7 Å². The van der Waals surface area contributed by atoms with Crippen molar-refractivity contribution in [3.63, 3.8) is 0 Å². The van der Waals surface area contributed by atoms with Crippen LogP contribution in [0.1, 0.15) is 19.3 Å². The van der Waals surface area contributed by atoms with Gasteiger partial charge in [-0.25, -0.2) is 0 Å². The van der Waals surface area contributed by atoms with E-state index in [1.165, 1.54) is 24.2 Å². The van der Waals surface area contributed by atoms with E-state index in [1.807, 2.05) is 0 Å². The minimum absolute atomic E-state index is 0.520. The maximum Gasteiger partial charge on any atom is 0.0808 e. The standard InChI is InChI=1S/C20H22N2S/c1-2-5-12(6-3-1)23-16-10-11-9-15(16)18-17(11)19-13-7-4-8-14(13)20(18)22-21-19/h1-7,11,13-20H,8-10H2/t11-,13-,14+,15+,16+,17+,18-,19-,20+/m1/s1. The molecule has 0 amide bonds. The van der Waals surface area contributed by atoms with E-state index < -0.39 is 0 Å². The van der Waals surface area contributed by atoms with Crippen LogP contribution in [0.4, 0.5) is 0 Å². The lowest BCUT2D eigenvalue weighted by Crippen LogP contribution is -2.55. The van der Waals surface area contributed by atoms with Crippen LogP contribution in [0.15, 0.2) is 57.6 Å². The molecule has 3 saturated carbocycles. The Morgan fingerprint density at radius 3 is 2.70 bits per heavy atom. The number of thioether (sulfide) groups is 1. The van der Waals surface area contributed by atoms with Gasteiger partial charge < -0.3 is 0 Å². The molecule has 7 rings (SSSR count). The van der Waals surface area contributed by atoms with Crippen LogP contribution in [0, 0.1) is 35.5 Å². The minimum Gasteiger partial charge on any atom is -0.190 e. The van der Waals surface area contributed by atoms with Crippen molar-refractivity contribution in [3.8, 4) is 0 Å². The number of hydrogen-bond acceptors (Lipinski definition) is 3. The molecule has 3 fully saturated rings. The van der Waals surface area contributed by atoms with Gasteiger partial charge in [0.25, 0.3) is 0 Å². The molecule has 0 aromatic heterocycles. The molecule has 6 aliphatic rings. The maximum atomic E-state index is 4.82. The van der Waals surface area contributed by atoms with Gasteiger partial charge >= 0.3 is 0 Å². The third-order valence-electron chi connectivity index (χ3n) is 7.32. The Morgan fingerprint density at radius 2 is 1.78 bits per heavy atom.